The fourth-order valence-electron chi connectivity index (χ4n) is 2.37. The van der Waals surface area contributed by atoms with Crippen LogP contribution < -0.4 is 11.1 Å². The van der Waals surface area contributed by atoms with Crippen molar-refractivity contribution in [1.82, 2.24) is 4.98 Å². The lowest BCUT2D eigenvalue weighted by Gasteiger charge is -2.11. The Labute approximate surface area is 141 Å². The number of thiazole rings is 1. The molecule has 116 valence electrons. The maximum Gasteiger partial charge on any atom is 0.255 e. The number of nitrogens with zero attached hydrogens (tertiary/aromatic N) is 1. The van der Waals surface area contributed by atoms with Gasteiger partial charge in [-0.25, -0.2) is 4.98 Å². The molecule has 2 atom stereocenters. The van der Waals surface area contributed by atoms with Gasteiger partial charge in [-0.1, -0.05) is 28.1 Å². The van der Waals surface area contributed by atoms with Crippen molar-refractivity contribution in [2.24, 2.45) is 5.73 Å². The molecule has 3 N–H and O–H groups in total. The van der Waals surface area contributed by atoms with E-state index in [9.17, 15) is 4.79 Å². The minimum atomic E-state index is -0.424. The molecule has 7 heteroatoms. The van der Waals surface area contributed by atoms with Crippen molar-refractivity contribution in [3.05, 3.63) is 34.1 Å². The first kappa shape index (κ1) is 15.6. The molecule has 1 aliphatic heterocycles. The number of nitrogens with two attached hydrogens (primary N) is 1. The fourth-order valence-corrected chi connectivity index (χ4v) is 3.49. The van der Waals surface area contributed by atoms with Gasteiger partial charge < -0.3 is 10.5 Å². The van der Waals surface area contributed by atoms with Gasteiger partial charge in [-0.3, -0.25) is 10.1 Å². The molecule has 1 fully saturated rings. The van der Waals surface area contributed by atoms with Crippen LogP contribution in [0.3, 0.4) is 0 Å². The molecule has 3 rings (SSSR count). The largest absolute Gasteiger partial charge is 0.364 e. The summed E-state index contributed by atoms with van der Waals surface area (Å²) < 4.78 is 6.58. The number of rotatable bonds is 4. The summed E-state index contributed by atoms with van der Waals surface area (Å²) in [6.07, 6.45) is 1.10. The molecule has 0 radical (unpaired) electrons. The Balaban J connectivity index is 1.66. The smallest absolute Gasteiger partial charge is 0.255 e. The average molecular weight is 382 g/mol. The number of hydrogen-bond donors (Lipinski definition) is 2. The van der Waals surface area contributed by atoms with Crippen LogP contribution in [0.15, 0.2) is 34.1 Å². The van der Waals surface area contributed by atoms with Crippen LogP contribution in [0, 0.1) is 0 Å². The molecule has 2 aromatic rings. The van der Waals surface area contributed by atoms with Crippen LogP contribution >= 0.6 is 27.3 Å². The van der Waals surface area contributed by atoms with Crippen LogP contribution in [0.2, 0.25) is 0 Å². The summed E-state index contributed by atoms with van der Waals surface area (Å²) in [5.74, 6) is -0.147. The number of nitrogens with one attached hydrogen (secondary N) is 1. The van der Waals surface area contributed by atoms with Gasteiger partial charge in [0.15, 0.2) is 5.13 Å². The highest BCUT2D eigenvalue weighted by Gasteiger charge is 2.30. The molecule has 1 amide bonds. The summed E-state index contributed by atoms with van der Waals surface area (Å²) in [4.78, 5) is 16.6. The average Bonchev–Trinajstić information content (AvgIpc) is 3.16. The van der Waals surface area contributed by atoms with E-state index in [2.05, 4.69) is 26.2 Å². The summed E-state index contributed by atoms with van der Waals surface area (Å²) in [7, 11) is 0. The molecular weight excluding hydrogens is 366 g/mol. The Hall–Kier alpha value is -1.28. The molecule has 1 aromatic heterocycles. The molecule has 0 unspecified atom stereocenters. The van der Waals surface area contributed by atoms with Crippen LogP contribution in [0.25, 0.3) is 11.3 Å². The van der Waals surface area contributed by atoms with E-state index >= 15 is 0 Å². The number of carbonyl (C=O) groups excluding carboxylic acids is 1. The number of halogens is 1. The summed E-state index contributed by atoms with van der Waals surface area (Å²) in [5, 5.41) is 5.33. The predicted octanol–water partition coefficient (Wildman–Crippen LogP) is 3.02. The highest BCUT2D eigenvalue weighted by atomic mass is 79.9. The molecule has 2 heterocycles. The van der Waals surface area contributed by atoms with Crippen molar-refractivity contribution in [3.8, 4) is 11.3 Å². The highest BCUT2D eigenvalue weighted by molar-refractivity contribution is 9.10. The number of anilines is 1. The monoisotopic (exact) mass is 381 g/mol. The topological polar surface area (TPSA) is 77.2 Å². The van der Waals surface area contributed by atoms with Crippen LogP contribution in [0.4, 0.5) is 5.13 Å². The predicted molar refractivity (Wildman–Crippen MR) is 90.8 cm³/mol. The Kier molecular flexibility index (Phi) is 4.87. The van der Waals surface area contributed by atoms with Crippen LogP contribution in [0.5, 0.6) is 0 Å². The standard InChI is InChI=1S/C15H16BrN3O2S/c16-10-3-1-2-9(6-10)12-8-22-15(18-12)19-14(20)13-5-4-11(7-17)21-13/h1-3,6,8,11,13H,4-5,7,17H2,(H,18,19,20)/t11-,13+/m1/s1. The summed E-state index contributed by atoms with van der Waals surface area (Å²) in [5.41, 5.74) is 7.41. The zero-order valence-electron chi connectivity index (χ0n) is 11.8. The number of benzene rings is 1. The molecule has 0 bridgehead atoms. The van der Waals surface area contributed by atoms with Gasteiger partial charge in [0.2, 0.25) is 0 Å². The lowest BCUT2D eigenvalue weighted by atomic mass is 10.2. The van der Waals surface area contributed by atoms with Gasteiger partial charge in [0.05, 0.1) is 11.8 Å². The van der Waals surface area contributed by atoms with Gasteiger partial charge >= 0.3 is 0 Å². The molecule has 22 heavy (non-hydrogen) atoms. The molecule has 0 saturated carbocycles. The number of ether oxygens (including phenoxy) is 1. The van der Waals surface area contributed by atoms with Crippen molar-refractivity contribution in [3.63, 3.8) is 0 Å². The van der Waals surface area contributed by atoms with Gasteiger partial charge in [-0.05, 0) is 25.0 Å². The highest BCUT2D eigenvalue weighted by Crippen LogP contribution is 2.27. The molecule has 1 aromatic carbocycles. The second kappa shape index (κ2) is 6.87. The SMILES string of the molecule is NC[C@H]1CC[C@@H](C(=O)Nc2nc(-c3cccc(Br)c3)cs2)O1. The maximum atomic E-state index is 12.2. The minimum absolute atomic E-state index is 0.00993. The molecular formula is C15H16BrN3O2S. The van der Waals surface area contributed by atoms with Crippen molar-refractivity contribution in [1.29, 1.82) is 0 Å². The zero-order chi connectivity index (χ0) is 15.5. The first-order valence-corrected chi connectivity index (χ1v) is 8.71. The van der Waals surface area contributed by atoms with E-state index in [1.165, 1.54) is 11.3 Å². The Bertz CT molecular complexity index is 676. The Morgan fingerprint density at radius 3 is 3.09 bits per heavy atom. The normalized spacial score (nSPS) is 21.0. The molecule has 0 aliphatic carbocycles. The van der Waals surface area contributed by atoms with Crippen molar-refractivity contribution < 1.29 is 9.53 Å². The second-order valence-electron chi connectivity index (χ2n) is 5.10. The number of carbonyl (C=O) groups is 1. The number of hydrogen-bond acceptors (Lipinski definition) is 5. The van der Waals surface area contributed by atoms with E-state index in [-0.39, 0.29) is 12.0 Å². The summed E-state index contributed by atoms with van der Waals surface area (Å²) in [6.45, 7) is 0.452. The minimum Gasteiger partial charge on any atom is -0.364 e. The molecule has 1 aliphatic rings. The van der Waals surface area contributed by atoms with Gasteiger partial charge in [0, 0.05) is 22.0 Å². The quantitative estimate of drug-likeness (QED) is 0.852. The third-order valence-electron chi connectivity index (χ3n) is 3.52. The van der Waals surface area contributed by atoms with Gasteiger partial charge in [-0.2, -0.15) is 0 Å². The van der Waals surface area contributed by atoms with Gasteiger partial charge in [0.25, 0.3) is 5.91 Å². The van der Waals surface area contributed by atoms with Gasteiger partial charge in [0.1, 0.15) is 6.10 Å². The zero-order valence-corrected chi connectivity index (χ0v) is 14.2. The van der Waals surface area contributed by atoms with Crippen LogP contribution in [0.1, 0.15) is 12.8 Å². The fraction of sp³-hybridized carbons (Fsp3) is 0.333. The van der Waals surface area contributed by atoms with E-state index in [4.69, 9.17) is 10.5 Å². The van der Waals surface area contributed by atoms with E-state index in [1.54, 1.807) is 0 Å². The van der Waals surface area contributed by atoms with E-state index < -0.39 is 6.10 Å². The lowest BCUT2D eigenvalue weighted by molar-refractivity contribution is -0.126. The van der Waals surface area contributed by atoms with Crippen LogP contribution in [-0.2, 0) is 9.53 Å². The van der Waals surface area contributed by atoms with E-state index in [0.717, 1.165) is 22.2 Å². The van der Waals surface area contributed by atoms with Crippen molar-refractivity contribution in [2.75, 3.05) is 11.9 Å². The van der Waals surface area contributed by atoms with Gasteiger partial charge in [-0.15, -0.1) is 11.3 Å². The van der Waals surface area contributed by atoms with E-state index in [0.29, 0.717) is 18.1 Å². The van der Waals surface area contributed by atoms with Crippen LogP contribution in [-0.4, -0.2) is 29.6 Å². The molecule has 0 spiro atoms. The Morgan fingerprint density at radius 1 is 1.50 bits per heavy atom. The lowest BCUT2D eigenvalue weighted by Crippen LogP contribution is -2.29. The molecule has 5 nitrogen and oxygen atoms in total. The van der Waals surface area contributed by atoms with Crippen molar-refractivity contribution in [2.45, 2.75) is 25.0 Å². The summed E-state index contributed by atoms with van der Waals surface area (Å²) in [6, 6.07) is 7.89. The summed E-state index contributed by atoms with van der Waals surface area (Å²) >= 11 is 4.85. The first-order chi connectivity index (χ1) is 10.7. The number of amides is 1. The maximum absolute atomic E-state index is 12.2. The second-order valence-corrected chi connectivity index (χ2v) is 6.87. The molecule has 1 saturated heterocycles. The first-order valence-electron chi connectivity index (χ1n) is 7.03. The van der Waals surface area contributed by atoms with E-state index in [1.807, 2.05) is 29.6 Å². The Morgan fingerprint density at radius 2 is 2.36 bits per heavy atom. The van der Waals surface area contributed by atoms with Crippen molar-refractivity contribution >= 4 is 38.3 Å². The number of aromatic nitrogens is 1. The third-order valence-corrected chi connectivity index (χ3v) is 4.77. The third kappa shape index (κ3) is 3.55.